The average Bonchev–Trinajstić information content (AvgIpc) is 2.25. The molecule has 0 saturated carbocycles. The SMILES string of the molecule is CCOC(=O)CCC(=O)N1CC(C)SC(C)C1. The summed E-state index contributed by atoms with van der Waals surface area (Å²) in [7, 11) is 0. The van der Waals surface area contributed by atoms with E-state index in [-0.39, 0.29) is 24.7 Å². The summed E-state index contributed by atoms with van der Waals surface area (Å²) in [6.45, 7) is 7.98. The molecule has 0 N–H and O–H groups in total. The van der Waals surface area contributed by atoms with Crippen LogP contribution in [-0.2, 0) is 14.3 Å². The predicted octanol–water partition coefficient (Wildman–Crippen LogP) is 1.68. The van der Waals surface area contributed by atoms with E-state index >= 15 is 0 Å². The van der Waals surface area contributed by atoms with Crippen LogP contribution >= 0.6 is 11.8 Å². The van der Waals surface area contributed by atoms with Crippen molar-refractivity contribution in [3.05, 3.63) is 0 Å². The van der Waals surface area contributed by atoms with Crippen LogP contribution in [0.4, 0.5) is 0 Å². The second kappa shape index (κ2) is 6.89. The predicted molar refractivity (Wildman–Crippen MR) is 69.0 cm³/mol. The van der Waals surface area contributed by atoms with Crippen LogP contribution < -0.4 is 0 Å². The van der Waals surface area contributed by atoms with Gasteiger partial charge in [0.1, 0.15) is 0 Å². The minimum absolute atomic E-state index is 0.0667. The summed E-state index contributed by atoms with van der Waals surface area (Å²) >= 11 is 1.91. The molecule has 1 heterocycles. The first-order chi connectivity index (χ1) is 8.02. The Morgan fingerprint density at radius 3 is 2.35 bits per heavy atom. The van der Waals surface area contributed by atoms with E-state index < -0.39 is 0 Å². The molecule has 0 bridgehead atoms. The van der Waals surface area contributed by atoms with Gasteiger partial charge in [-0.1, -0.05) is 13.8 Å². The second-order valence-corrected chi connectivity index (χ2v) is 6.24. The van der Waals surface area contributed by atoms with E-state index in [1.165, 1.54) is 0 Å². The number of carbonyl (C=O) groups excluding carboxylic acids is 2. The van der Waals surface area contributed by atoms with Crippen molar-refractivity contribution >= 4 is 23.6 Å². The van der Waals surface area contributed by atoms with Gasteiger partial charge in [-0.3, -0.25) is 9.59 Å². The molecule has 4 nitrogen and oxygen atoms in total. The summed E-state index contributed by atoms with van der Waals surface area (Å²) in [5, 5.41) is 0.954. The van der Waals surface area contributed by atoms with Gasteiger partial charge < -0.3 is 9.64 Å². The third-order valence-corrected chi connectivity index (χ3v) is 3.85. The second-order valence-electron chi connectivity index (χ2n) is 4.36. The van der Waals surface area contributed by atoms with E-state index in [1.54, 1.807) is 6.92 Å². The fourth-order valence-electron chi connectivity index (χ4n) is 1.98. The fraction of sp³-hybridized carbons (Fsp3) is 0.833. The van der Waals surface area contributed by atoms with E-state index in [0.29, 0.717) is 17.1 Å². The van der Waals surface area contributed by atoms with Crippen LogP contribution in [0.25, 0.3) is 0 Å². The van der Waals surface area contributed by atoms with Gasteiger partial charge in [-0.15, -0.1) is 0 Å². The summed E-state index contributed by atoms with van der Waals surface area (Å²) in [5.74, 6) is -0.217. The maximum Gasteiger partial charge on any atom is 0.306 e. The first kappa shape index (κ1) is 14.4. The summed E-state index contributed by atoms with van der Waals surface area (Å²) in [6, 6.07) is 0. The number of ether oxygens (including phenoxy) is 1. The molecular weight excluding hydrogens is 238 g/mol. The molecule has 2 atom stereocenters. The molecule has 5 heteroatoms. The highest BCUT2D eigenvalue weighted by Crippen LogP contribution is 2.25. The van der Waals surface area contributed by atoms with Gasteiger partial charge in [-0.05, 0) is 6.92 Å². The maximum atomic E-state index is 11.9. The van der Waals surface area contributed by atoms with Gasteiger partial charge in [0.25, 0.3) is 0 Å². The molecule has 1 aliphatic rings. The number of carbonyl (C=O) groups is 2. The normalized spacial score (nSPS) is 24.5. The monoisotopic (exact) mass is 259 g/mol. The minimum Gasteiger partial charge on any atom is -0.466 e. The average molecular weight is 259 g/mol. The molecular formula is C12H21NO3S. The summed E-state index contributed by atoms with van der Waals surface area (Å²) in [5.41, 5.74) is 0. The molecule has 2 unspecified atom stereocenters. The van der Waals surface area contributed by atoms with Crippen LogP contribution in [0, 0.1) is 0 Å². The number of rotatable bonds is 4. The van der Waals surface area contributed by atoms with Crippen molar-refractivity contribution in [2.45, 2.75) is 44.1 Å². The molecule has 98 valence electrons. The number of thioether (sulfide) groups is 1. The third kappa shape index (κ3) is 4.98. The molecule has 1 rings (SSSR count). The lowest BCUT2D eigenvalue weighted by Crippen LogP contribution is -2.44. The van der Waals surface area contributed by atoms with E-state index in [9.17, 15) is 9.59 Å². The van der Waals surface area contributed by atoms with Gasteiger partial charge in [-0.25, -0.2) is 0 Å². The minimum atomic E-state index is -0.284. The summed E-state index contributed by atoms with van der Waals surface area (Å²) in [6.07, 6.45) is 0.460. The van der Waals surface area contributed by atoms with Crippen LogP contribution in [0.3, 0.4) is 0 Å². The smallest absolute Gasteiger partial charge is 0.306 e. The number of hydrogen-bond donors (Lipinski definition) is 0. The number of esters is 1. The zero-order valence-electron chi connectivity index (χ0n) is 10.8. The molecule has 0 aliphatic carbocycles. The Balaban J connectivity index is 2.34. The van der Waals surface area contributed by atoms with Crippen molar-refractivity contribution in [3.63, 3.8) is 0 Å². The Bertz CT molecular complexity index is 273. The maximum absolute atomic E-state index is 11.9. The van der Waals surface area contributed by atoms with E-state index in [1.807, 2.05) is 16.7 Å². The Hall–Kier alpha value is -0.710. The van der Waals surface area contributed by atoms with Gasteiger partial charge in [-0.2, -0.15) is 11.8 Å². The lowest BCUT2D eigenvalue weighted by atomic mass is 10.2. The Kier molecular flexibility index (Phi) is 5.82. The van der Waals surface area contributed by atoms with Crippen molar-refractivity contribution in [2.24, 2.45) is 0 Å². The van der Waals surface area contributed by atoms with Crippen molar-refractivity contribution in [1.29, 1.82) is 0 Å². The van der Waals surface area contributed by atoms with Crippen molar-refractivity contribution < 1.29 is 14.3 Å². The standard InChI is InChI=1S/C12H21NO3S/c1-4-16-12(15)6-5-11(14)13-7-9(2)17-10(3)8-13/h9-10H,4-8H2,1-3H3. The first-order valence-corrected chi connectivity index (χ1v) is 7.06. The van der Waals surface area contributed by atoms with Gasteiger partial charge in [0, 0.05) is 30.0 Å². The van der Waals surface area contributed by atoms with Gasteiger partial charge >= 0.3 is 5.97 Å². The van der Waals surface area contributed by atoms with Crippen molar-refractivity contribution in [2.75, 3.05) is 19.7 Å². The van der Waals surface area contributed by atoms with Crippen LogP contribution in [-0.4, -0.2) is 47.0 Å². The van der Waals surface area contributed by atoms with Crippen LogP contribution in [0.2, 0.25) is 0 Å². The van der Waals surface area contributed by atoms with Crippen LogP contribution in [0.5, 0.6) is 0 Å². The molecule has 1 amide bonds. The lowest BCUT2D eigenvalue weighted by molar-refractivity contribution is -0.145. The third-order valence-electron chi connectivity index (χ3n) is 2.62. The zero-order valence-corrected chi connectivity index (χ0v) is 11.6. The topological polar surface area (TPSA) is 46.6 Å². The Morgan fingerprint density at radius 1 is 1.24 bits per heavy atom. The van der Waals surface area contributed by atoms with E-state index in [0.717, 1.165) is 13.1 Å². The van der Waals surface area contributed by atoms with Gasteiger partial charge in [0.05, 0.1) is 13.0 Å². The molecule has 0 radical (unpaired) electrons. The largest absolute Gasteiger partial charge is 0.466 e. The van der Waals surface area contributed by atoms with Crippen LogP contribution in [0.15, 0.2) is 0 Å². The van der Waals surface area contributed by atoms with E-state index in [4.69, 9.17) is 4.74 Å². The van der Waals surface area contributed by atoms with Gasteiger partial charge in [0.15, 0.2) is 0 Å². The highest BCUT2D eigenvalue weighted by Gasteiger charge is 2.25. The Morgan fingerprint density at radius 2 is 1.82 bits per heavy atom. The quantitative estimate of drug-likeness (QED) is 0.721. The number of hydrogen-bond acceptors (Lipinski definition) is 4. The number of amides is 1. The van der Waals surface area contributed by atoms with Gasteiger partial charge in [0.2, 0.25) is 5.91 Å². The molecule has 0 aromatic carbocycles. The van der Waals surface area contributed by atoms with Crippen molar-refractivity contribution in [1.82, 2.24) is 4.90 Å². The zero-order chi connectivity index (χ0) is 12.8. The molecule has 1 fully saturated rings. The van der Waals surface area contributed by atoms with Crippen LogP contribution in [0.1, 0.15) is 33.6 Å². The highest BCUT2D eigenvalue weighted by atomic mass is 32.2. The lowest BCUT2D eigenvalue weighted by Gasteiger charge is -2.34. The van der Waals surface area contributed by atoms with E-state index in [2.05, 4.69) is 13.8 Å². The Labute approximate surface area is 107 Å². The molecule has 0 spiro atoms. The number of nitrogens with zero attached hydrogens (tertiary/aromatic N) is 1. The fourth-order valence-corrected chi connectivity index (χ4v) is 3.31. The molecule has 1 aliphatic heterocycles. The molecule has 1 saturated heterocycles. The summed E-state index contributed by atoms with van der Waals surface area (Å²) in [4.78, 5) is 24.9. The summed E-state index contributed by atoms with van der Waals surface area (Å²) < 4.78 is 4.81. The highest BCUT2D eigenvalue weighted by molar-refractivity contribution is 8.00. The molecule has 17 heavy (non-hydrogen) atoms. The molecule has 0 aromatic heterocycles. The van der Waals surface area contributed by atoms with Crippen molar-refractivity contribution in [3.8, 4) is 0 Å². The molecule has 0 aromatic rings. The first-order valence-electron chi connectivity index (χ1n) is 6.11.